The van der Waals surface area contributed by atoms with E-state index in [0.29, 0.717) is 28.3 Å². The molecule has 0 bridgehead atoms. The maximum atomic E-state index is 12.0. The minimum absolute atomic E-state index is 0.256. The lowest BCUT2D eigenvalue weighted by Gasteiger charge is -2.09. The molecule has 0 radical (unpaired) electrons. The number of amides is 1. The number of carbonyl (C=O) groups is 1. The number of halogens is 1. The number of aromatic nitrogens is 2. The van der Waals surface area contributed by atoms with Crippen LogP contribution in [0, 0.1) is 0 Å². The van der Waals surface area contributed by atoms with E-state index in [1.807, 2.05) is 6.92 Å². The fraction of sp³-hybridized carbons (Fsp3) is 0.154. The van der Waals surface area contributed by atoms with E-state index < -0.39 is 0 Å². The van der Waals surface area contributed by atoms with Crippen LogP contribution in [0.5, 0.6) is 5.88 Å². The predicted octanol–water partition coefficient (Wildman–Crippen LogP) is 2.89. The van der Waals surface area contributed by atoms with Crippen LogP contribution < -0.4 is 10.1 Å². The molecule has 0 aliphatic carbocycles. The lowest BCUT2D eigenvalue weighted by atomic mass is 10.2. The molecule has 0 aromatic carbocycles. The van der Waals surface area contributed by atoms with Gasteiger partial charge in [-0.05, 0) is 47.1 Å². The van der Waals surface area contributed by atoms with E-state index in [-0.39, 0.29) is 5.91 Å². The summed E-state index contributed by atoms with van der Waals surface area (Å²) in [5.74, 6) is 0.150. The second kappa shape index (κ2) is 6.29. The third-order valence-electron chi connectivity index (χ3n) is 2.29. The van der Waals surface area contributed by atoms with Gasteiger partial charge in [-0.3, -0.25) is 4.79 Å². The average molecular weight is 322 g/mol. The second-order valence-electron chi connectivity index (χ2n) is 3.61. The zero-order valence-corrected chi connectivity index (χ0v) is 11.8. The first-order valence-electron chi connectivity index (χ1n) is 5.71. The van der Waals surface area contributed by atoms with Gasteiger partial charge < -0.3 is 10.1 Å². The van der Waals surface area contributed by atoms with Gasteiger partial charge in [0.1, 0.15) is 10.3 Å². The zero-order chi connectivity index (χ0) is 13.7. The molecule has 98 valence electrons. The Kier molecular flexibility index (Phi) is 4.46. The second-order valence-corrected chi connectivity index (χ2v) is 4.43. The lowest BCUT2D eigenvalue weighted by molar-refractivity contribution is 0.102. The summed E-state index contributed by atoms with van der Waals surface area (Å²) in [7, 11) is 0. The van der Waals surface area contributed by atoms with Crippen LogP contribution in [0.1, 0.15) is 17.3 Å². The quantitative estimate of drug-likeness (QED) is 0.879. The van der Waals surface area contributed by atoms with Crippen molar-refractivity contribution in [2.24, 2.45) is 0 Å². The largest absolute Gasteiger partial charge is 0.476 e. The topological polar surface area (TPSA) is 64.1 Å². The number of carbonyl (C=O) groups excluding carboxylic acids is 1. The first-order chi connectivity index (χ1) is 9.20. The summed E-state index contributed by atoms with van der Waals surface area (Å²) in [5, 5.41) is 2.75. The molecule has 2 rings (SSSR count). The summed E-state index contributed by atoms with van der Waals surface area (Å²) >= 11 is 3.22. The first-order valence-corrected chi connectivity index (χ1v) is 6.50. The number of ether oxygens (including phenoxy) is 1. The Balaban J connectivity index is 2.16. The van der Waals surface area contributed by atoms with Crippen LogP contribution >= 0.6 is 15.9 Å². The molecular weight excluding hydrogens is 310 g/mol. The molecule has 0 aliphatic heterocycles. The molecule has 2 aromatic rings. The van der Waals surface area contributed by atoms with E-state index in [0.717, 1.165) is 0 Å². The number of anilines is 1. The molecule has 6 heteroatoms. The van der Waals surface area contributed by atoms with Crippen LogP contribution in [0.4, 0.5) is 5.69 Å². The summed E-state index contributed by atoms with van der Waals surface area (Å²) < 4.78 is 6.02. The molecule has 0 saturated heterocycles. The van der Waals surface area contributed by atoms with E-state index in [1.54, 1.807) is 30.5 Å². The molecule has 0 spiro atoms. The van der Waals surface area contributed by atoms with Crippen LogP contribution in [0.2, 0.25) is 0 Å². The van der Waals surface area contributed by atoms with Gasteiger partial charge in [0, 0.05) is 12.4 Å². The van der Waals surface area contributed by atoms with Crippen molar-refractivity contribution in [1.29, 1.82) is 0 Å². The van der Waals surface area contributed by atoms with Crippen molar-refractivity contribution < 1.29 is 9.53 Å². The molecule has 0 unspecified atom stereocenters. The van der Waals surface area contributed by atoms with E-state index >= 15 is 0 Å². The number of nitrogens with zero attached hydrogens (tertiary/aromatic N) is 2. The fourth-order valence-electron chi connectivity index (χ4n) is 1.44. The van der Waals surface area contributed by atoms with Gasteiger partial charge in [0.05, 0.1) is 12.2 Å². The summed E-state index contributed by atoms with van der Waals surface area (Å²) in [6, 6.07) is 6.87. The summed E-state index contributed by atoms with van der Waals surface area (Å²) in [4.78, 5) is 20.1. The molecule has 1 amide bonds. The van der Waals surface area contributed by atoms with Crippen LogP contribution in [0.15, 0.2) is 41.3 Å². The number of nitrogens with one attached hydrogen (secondary N) is 1. The number of rotatable bonds is 4. The van der Waals surface area contributed by atoms with E-state index in [2.05, 4.69) is 31.2 Å². The highest BCUT2D eigenvalue weighted by molar-refractivity contribution is 9.10. The van der Waals surface area contributed by atoms with Crippen molar-refractivity contribution in [2.75, 3.05) is 11.9 Å². The highest BCUT2D eigenvalue weighted by atomic mass is 79.9. The van der Waals surface area contributed by atoms with Gasteiger partial charge in [-0.25, -0.2) is 9.97 Å². The van der Waals surface area contributed by atoms with Crippen molar-refractivity contribution in [3.05, 3.63) is 46.8 Å². The molecule has 2 aromatic heterocycles. The highest BCUT2D eigenvalue weighted by Gasteiger charge is 2.10. The van der Waals surface area contributed by atoms with Crippen LogP contribution in [0.25, 0.3) is 0 Å². The SMILES string of the molecule is CCOc1ncccc1NC(=O)c1ccc(Br)nc1. The Morgan fingerprint density at radius 2 is 2.21 bits per heavy atom. The van der Waals surface area contributed by atoms with Gasteiger partial charge in [-0.15, -0.1) is 0 Å². The molecule has 5 nitrogen and oxygen atoms in total. The zero-order valence-electron chi connectivity index (χ0n) is 10.3. The Bertz CT molecular complexity index is 572. The third kappa shape index (κ3) is 3.51. The fourth-order valence-corrected chi connectivity index (χ4v) is 1.68. The predicted molar refractivity (Wildman–Crippen MR) is 75.3 cm³/mol. The van der Waals surface area contributed by atoms with Gasteiger partial charge in [0.25, 0.3) is 5.91 Å². The van der Waals surface area contributed by atoms with E-state index in [1.165, 1.54) is 6.20 Å². The summed E-state index contributed by atoms with van der Waals surface area (Å²) in [6.07, 6.45) is 3.11. The van der Waals surface area contributed by atoms with Crippen LogP contribution in [-0.2, 0) is 0 Å². The van der Waals surface area contributed by atoms with Crippen LogP contribution in [-0.4, -0.2) is 22.5 Å². The van der Waals surface area contributed by atoms with Crippen molar-refractivity contribution in [3.8, 4) is 5.88 Å². The van der Waals surface area contributed by atoms with Gasteiger partial charge >= 0.3 is 0 Å². The maximum absolute atomic E-state index is 12.0. The Labute approximate surface area is 119 Å². The number of hydrogen-bond donors (Lipinski definition) is 1. The molecule has 0 saturated carbocycles. The first kappa shape index (κ1) is 13.5. The molecule has 0 aliphatic rings. The maximum Gasteiger partial charge on any atom is 0.257 e. The van der Waals surface area contributed by atoms with Crippen LogP contribution in [0.3, 0.4) is 0 Å². The van der Waals surface area contributed by atoms with E-state index in [4.69, 9.17) is 4.74 Å². The van der Waals surface area contributed by atoms with Gasteiger partial charge in [0.2, 0.25) is 5.88 Å². The van der Waals surface area contributed by atoms with Crippen molar-refractivity contribution in [1.82, 2.24) is 9.97 Å². The monoisotopic (exact) mass is 321 g/mol. The van der Waals surface area contributed by atoms with Gasteiger partial charge in [-0.1, -0.05) is 0 Å². The normalized spacial score (nSPS) is 10.0. The van der Waals surface area contributed by atoms with Crippen molar-refractivity contribution in [3.63, 3.8) is 0 Å². The standard InChI is InChI=1S/C13H12BrN3O2/c1-2-19-13-10(4-3-7-15-13)17-12(18)9-5-6-11(14)16-8-9/h3-8H,2H2,1H3,(H,17,18). The van der Waals surface area contributed by atoms with Crippen molar-refractivity contribution >= 4 is 27.5 Å². The third-order valence-corrected chi connectivity index (χ3v) is 2.76. The lowest BCUT2D eigenvalue weighted by Crippen LogP contribution is -2.13. The molecule has 2 heterocycles. The van der Waals surface area contributed by atoms with Gasteiger partial charge in [-0.2, -0.15) is 0 Å². The minimum Gasteiger partial charge on any atom is -0.476 e. The highest BCUT2D eigenvalue weighted by Crippen LogP contribution is 2.21. The number of hydrogen-bond acceptors (Lipinski definition) is 4. The summed E-state index contributed by atoms with van der Waals surface area (Å²) in [5.41, 5.74) is 1.01. The minimum atomic E-state index is -0.256. The summed E-state index contributed by atoms with van der Waals surface area (Å²) in [6.45, 7) is 2.35. The Hall–Kier alpha value is -1.95. The van der Waals surface area contributed by atoms with Gasteiger partial charge in [0.15, 0.2) is 0 Å². The number of pyridine rings is 2. The average Bonchev–Trinajstić information content (AvgIpc) is 2.42. The molecule has 0 atom stereocenters. The molecule has 0 fully saturated rings. The molecule has 1 N–H and O–H groups in total. The smallest absolute Gasteiger partial charge is 0.257 e. The molecule has 19 heavy (non-hydrogen) atoms. The van der Waals surface area contributed by atoms with E-state index in [9.17, 15) is 4.79 Å². The van der Waals surface area contributed by atoms with Crippen molar-refractivity contribution in [2.45, 2.75) is 6.92 Å². The Morgan fingerprint density at radius 1 is 1.37 bits per heavy atom. The Morgan fingerprint density at radius 3 is 2.89 bits per heavy atom. The molecular formula is C13H12BrN3O2.